The molecule has 3 unspecified atom stereocenters. The number of aromatic hydroxyl groups is 1. The van der Waals surface area contributed by atoms with Crippen LogP contribution in [0.15, 0.2) is 48.5 Å². The van der Waals surface area contributed by atoms with Gasteiger partial charge in [0.2, 0.25) is 5.91 Å². The first-order chi connectivity index (χ1) is 18.1. The normalized spacial score (nSPS) is 14.0. The molecule has 3 amide bonds. The molecular formula is C30H43N3O6. The van der Waals surface area contributed by atoms with Crippen molar-refractivity contribution < 1.29 is 29.0 Å². The van der Waals surface area contributed by atoms with Gasteiger partial charge in [0.25, 0.3) is 5.91 Å². The number of methoxy groups -OCH3 is 1. The van der Waals surface area contributed by atoms with Crippen molar-refractivity contribution in [3.05, 3.63) is 54.1 Å². The number of alkyl carbamates (subject to hydrolysis) is 1. The van der Waals surface area contributed by atoms with Crippen LogP contribution >= 0.6 is 0 Å². The fourth-order valence-corrected chi connectivity index (χ4v) is 4.11. The van der Waals surface area contributed by atoms with E-state index in [1.807, 2.05) is 13.8 Å². The van der Waals surface area contributed by atoms with Crippen molar-refractivity contribution in [1.82, 2.24) is 10.2 Å². The molecule has 0 radical (unpaired) electrons. The van der Waals surface area contributed by atoms with E-state index in [1.165, 1.54) is 11.0 Å². The number of amides is 3. The van der Waals surface area contributed by atoms with Crippen molar-refractivity contribution in [1.29, 1.82) is 0 Å². The van der Waals surface area contributed by atoms with E-state index >= 15 is 0 Å². The van der Waals surface area contributed by atoms with E-state index in [2.05, 4.69) is 10.6 Å². The molecule has 2 rings (SSSR count). The standard InChI is InChI=1S/C30H43N3O6/c1-10-19(2)24(32-28(37)39-30(6,7)8)27(36)33(29(3,4)5)25(22-13-11-12-14-23(22)34)26(35)31-20-15-17-21(38-9)18-16-20/h11-19,24-25,34H,10H2,1-9H3,(H,31,35)(H,32,37). The summed E-state index contributed by atoms with van der Waals surface area (Å²) in [5.41, 5.74) is -0.893. The van der Waals surface area contributed by atoms with Crippen LogP contribution in [0.2, 0.25) is 0 Å². The van der Waals surface area contributed by atoms with Crippen LogP contribution in [0.1, 0.15) is 73.4 Å². The maximum absolute atomic E-state index is 14.3. The Morgan fingerprint density at radius 1 is 0.974 bits per heavy atom. The Labute approximate surface area is 231 Å². The van der Waals surface area contributed by atoms with Crippen LogP contribution in [-0.4, -0.2) is 52.2 Å². The number of phenolic OH excluding ortho intramolecular Hbond substituents is 1. The highest BCUT2D eigenvalue weighted by Gasteiger charge is 2.44. The van der Waals surface area contributed by atoms with Gasteiger partial charge in [-0.3, -0.25) is 9.59 Å². The van der Waals surface area contributed by atoms with Crippen molar-refractivity contribution in [2.75, 3.05) is 12.4 Å². The van der Waals surface area contributed by atoms with Gasteiger partial charge in [0.15, 0.2) is 0 Å². The van der Waals surface area contributed by atoms with Crippen LogP contribution in [0.4, 0.5) is 10.5 Å². The van der Waals surface area contributed by atoms with Crippen LogP contribution in [0.3, 0.4) is 0 Å². The second-order valence-corrected chi connectivity index (χ2v) is 11.6. The molecule has 3 N–H and O–H groups in total. The molecule has 0 aliphatic carbocycles. The SMILES string of the molecule is CCC(C)C(NC(=O)OC(C)(C)C)C(=O)N(C(C(=O)Nc1ccc(OC)cc1)c1ccccc1O)C(C)(C)C. The van der Waals surface area contributed by atoms with Crippen LogP contribution in [0, 0.1) is 5.92 Å². The topological polar surface area (TPSA) is 117 Å². The zero-order valence-corrected chi connectivity index (χ0v) is 24.5. The van der Waals surface area contributed by atoms with Gasteiger partial charge in [-0.2, -0.15) is 0 Å². The van der Waals surface area contributed by atoms with Crippen molar-refractivity contribution >= 4 is 23.6 Å². The summed E-state index contributed by atoms with van der Waals surface area (Å²) in [4.78, 5) is 42.4. The highest BCUT2D eigenvalue weighted by Crippen LogP contribution is 2.36. The fourth-order valence-electron chi connectivity index (χ4n) is 4.11. The van der Waals surface area contributed by atoms with Gasteiger partial charge in [-0.05, 0) is 77.8 Å². The van der Waals surface area contributed by atoms with Crippen molar-refractivity contribution in [3.8, 4) is 11.5 Å². The third-order valence-electron chi connectivity index (χ3n) is 6.21. The molecule has 0 spiro atoms. The number of anilines is 1. The molecule has 9 nitrogen and oxygen atoms in total. The maximum Gasteiger partial charge on any atom is 0.408 e. The molecular weight excluding hydrogens is 498 g/mol. The van der Waals surface area contributed by atoms with Gasteiger partial charge in [-0.1, -0.05) is 38.5 Å². The van der Waals surface area contributed by atoms with Gasteiger partial charge in [0.05, 0.1) is 7.11 Å². The molecule has 9 heteroatoms. The number of nitrogens with zero attached hydrogens (tertiary/aromatic N) is 1. The lowest BCUT2D eigenvalue weighted by Gasteiger charge is -2.43. The monoisotopic (exact) mass is 541 g/mol. The third-order valence-corrected chi connectivity index (χ3v) is 6.21. The highest BCUT2D eigenvalue weighted by atomic mass is 16.6. The summed E-state index contributed by atoms with van der Waals surface area (Å²) in [6, 6.07) is 11.0. The highest BCUT2D eigenvalue weighted by molar-refractivity contribution is 5.99. The van der Waals surface area contributed by atoms with Gasteiger partial charge in [-0.15, -0.1) is 0 Å². The molecule has 0 aromatic heterocycles. The molecule has 2 aromatic carbocycles. The third kappa shape index (κ3) is 8.63. The molecule has 0 aliphatic rings. The van der Waals surface area contributed by atoms with E-state index < -0.39 is 41.1 Å². The minimum Gasteiger partial charge on any atom is -0.508 e. The van der Waals surface area contributed by atoms with Crippen molar-refractivity contribution in [2.24, 2.45) is 5.92 Å². The quantitative estimate of drug-likeness (QED) is 0.378. The Morgan fingerprint density at radius 2 is 1.56 bits per heavy atom. The van der Waals surface area contributed by atoms with Gasteiger partial charge in [0, 0.05) is 16.8 Å². The lowest BCUT2D eigenvalue weighted by molar-refractivity contribution is -0.148. The molecule has 0 fully saturated rings. The zero-order valence-electron chi connectivity index (χ0n) is 24.5. The number of hydrogen-bond acceptors (Lipinski definition) is 6. The molecule has 2 aromatic rings. The molecule has 0 aliphatic heterocycles. The Morgan fingerprint density at radius 3 is 2.05 bits per heavy atom. The first kappa shape index (κ1) is 31.5. The van der Waals surface area contributed by atoms with E-state index in [1.54, 1.807) is 91.1 Å². The number of nitrogens with one attached hydrogen (secondary N) is 2. The number of carbonyl (C=O) groups is 3. The lowest BCUT2D eigenvalue weighted by Crippen LogP contribution is -2.59. The van der Waals surface area contributed by atoms with E-state index in [4.69, 9.17) is 9.47 Å². The second-order valence-electron chi connectivity index (χ2n) is 11.6. The smallest absolute Gasteiger partial charge is 0.408 e. The Bertz CT molecular complexity index is 1130. The van der Waals surface area contributed by atoms with Crippen LogP contribution in [0.5, 0.6) is 11.5 Å². The van der Waals surface area contributed by atoms with E-state index in [0.717, 1.165) is 0 Å². The molecule has 39 heavy (non-hydrogen) atoms. The Kier molecular flexibility index (Phi) is 10.4. The lowest BCUT2D eigenvalue weighted by atomic mass is 9.91. The summed E-state index contributed by atoms with van der Waals surface area (Å²) in [5, 5.41) is 16.4. The minimum atomic E-state index is -1.22. The number of benzene rings is 2. The molecule has 3 atom stereocenters. The summed E-state index contributed by atoms with van der Waals surface area (Å²) < 4.78 is 10.6. The predicted octanol–water partition coefficient (Wildman–Crippen LogP) is 5.65. The number of ether oxygens (including phenoxy) is 2. The summed E-state index contributed by atoms with van der Waals surface area (Å²) in [6.07, 6.45) is -0.138. The van der Waals surface area contributed by atoms with Gasteiger partial charge >= 0.3 is 6.09 Å². The van der Waals surface area contributed by atoms with Crippen molar-refractivity contribution in [2.45, 2.75) is 85.0 Å². The molecule has 0 saturated carbocycles. The summed E-state index contributed by atoms with van der Waals surface area (Å²) in [6.45, 7) is 14.4. The zero-order chi connectivity index (χ0) is 29.5. The van der Waals surface area contributed by atoms with Gasteiger partial charge in [-0.25, -0.2) is 4.79 Å². The minimum absolute atomic E-state index is 0.130. The molecule has 214 valence electrons. The molecule has 0 saturated heterocycles. The predicted molar refractivity (Wildman–Crippen MR) is 152 cm³/mol. The summed E-state index contributed by atoms with van der Waals surface area (Å²) in [7, 11) is 1.55. The largest absolute Gasteiger partial charge is 0.508 e. The van der Waals surface area contributed by atoms with Crippen LogP contribution in [0.25, 0.3) is 0 Å². The Balaban J connectivity index is 2.60. The summed E-state index contributed by atoms with van der Waals surface area (Å²) in [5.74, 6) is -0.772. The maximum atomic E-state index is 14.3. The van der Waals surface area contributed by atoms with Crippen LogP contribution in [-0.2, 0) is 14.3 Å². The van der Waals surface area contributed by atoms with Crippen molar-refractivity contribution in [3.63, 3.8) is 0 Å². The van der Waals surface area contributed by atoms with Gasteiger partial charge < -0.3 is 30.1 Å². The molecule has 0 heterocycles. The number of carbonyl (C=O) groups excluding carboxylic acids is 3. The summed E-state index contributed by atoms with van der Waals surface area (Å²) >= 11 is 0. The first-order valence-electron chi connectivity index (χ1n) is 13.1. The number of para-hydroxylation sites is 1. The van der Waals surface area contributed by atoms with Gasteiger partial charge in [0.1, 0.15) is 29.2 Å². The second kappa shape index (κ2) is 12.9. The fraction of sp³-hybridized carbons (Fsp3) is 0.500. The van der Waals surface area contributed by atoms with E-state index in [0.29, 0.717) is 17.9 Å². The number of phenols is 1. The first-order valence-corrected chi connectivity index (χ1v) is 13.1. The van der Waals surface area contributed by atoms with E-state index in [-0.39, 0.29) is 17.2 Å². The number of hydrogen-bond donors (Lipinski definition) is 3. The average molecular weight is 542 g/mol. The average Bonchev–Trinajstić information content (AvgIpc) is 2.84. The van der Waals surface area contributed by atoms with Crippen LogP contribution < -0.4 is 15.4 Å². The van der Waals surface area contributed by atoms with E-state index in [9.17, 15) is 19.5 Å². The molecule has 0 bridgehead atoms. The number of rotatable bonds is 9. The Hall–Kier alpha value is -3.75.